The van der Waals surface area contributed by atoms with E-state index in [4.69, 9.17) is 14.2 Å². The van der Waals surface area contributed by atoms with Gasteiger partial charge in [-0.05, 0) is 69.3 Å². The van der Waals surface area contributed by atoms with Crippen LogP contribution in [0.5, 0.6) is 0 Å². The SMILES string of the molecule is CC1O[C@H](O[C@H]2CC[C@]3(C=O)C4C(CC[C@]3(O)C2)[C@@]2(O)CC[C@H](C3=CC(=O)OC3)[C@@]2(C)C[C@H]4O)C(O)C(O)[C@@H]1O. The number of fused-ring (bicyclic) bond motifs is 5. The lowest BCUT2D eigenvalue weighted by atomic mass is 9.41. The van der Waals surface area contributed by atoms with Crippen LogP contribution in [0.4, 0.5) is 0 Å². The van der Waals surface area contributed by atoms with E-state index in [1.54, 1.807) is 6.92 Å². The van der Waals surface area contributed by atoms with Crippen LogP contribution < -0.4 is 0 Å². The Balaban J connectivity index is 1.25. The summed E-state index contributed by atoms with van der Waals surface area (Å²) in [6.45, 7) is 3.72. The molecule has 0 spiro atoms. The first-order chi connectivity index (χ1) is 18.8. The summed E-state index contributed by atoms with van der Waals surface area (Å²) in [4.78, 5) is 24.8. The van der Waals surface area contributed by atoms with E-state index in [1.165, 1.54) is 6.08 Å². The second-order valence-electron chi connectivity index (χ2n) is 13.6. The Morgan fingerprint density at radius 2 is 1.75 bits per heavy atom. The van der Waals surface area contributed by atoms with Crippen LogP contribution in [0.15, 0.2) is 11.6 Å². The van der Waals surface area contributed by atoms with Gasteiger partial charge in [-0.1, -0.05) is 6.92 Å². The zero-order valence-corrected chi connectivity index (χ0v) is 23.0. The van der Waals surface area contributed by atoms with Crippen molar-refractivity contribution < 1.29 is 54.4 Å². The Kier molecular flexibility index (Phi) is 6.83. The molecule has 11 heteroatoms. The molecule has 4 saturated carbocycles. The van der Waals surface area contributed by atoms with Crippen LogP contribution in [0, 0.1) is 28.6 Å². The molecular weight excluding hydrogens is 524 g/mol. The number of aliphatic hydroxyl groups excluding tert-OH is 4. The molecule has 0 amide bonds. The number of carbonyl (C=O) groups is 2. The van der Waals surface area contributed by atoms with Crippen LogP contribution in [0.1, 0.15) is 65.2 Å². The average molecular weight is 567 g/mol. The number of ether oxygens (including phenoxy) is 3. The maximum atomic E-state index is 13.0. The van der Waals surface area contributed by atoms with Gasteiger partial charge < -0.3 is 49.6 Å². The van der Waals surface area contributed by atoms with Crippen molar-refractivity contribution in [3.63, 3.8) is 0 Å². The lowest BCUT2D eigenvalue weighted by molar-refractivity contribution is -0.320. The highest BCUT2D eigenvalue weighted by Crippen LogP contribution is 2.70. The molecule has 6 rings (SSSR count). The van der Waals surface area contributed by atoms with E-state index in [-0.39, 0.29) is 38.2 Å². The van der Waals surface area contributed by atoms with Crippen molar-refractivity contribution >= 4 is 12.3 Å². The van der Waals surface area contributed by atoms with Gasteiger partial charge in [-0.3, -0.25) is 0 Å². The molecule has 0 aromatic heterocycles. The molecular formula is C29H42O11. The highest BCUT2D eigenvalue weighted by Gasteiger charge is 2.73. The Morgan fingerprint density at radius 1 is 1.00 bits per heavy atom. The second kappa shape index (κ2) is 9.54. The molecule has 2 heterocycles. The van der Waals surface area contributed by atoms with Gasteiger partial charge in [0.2, 0.25) is 0 Å². The van der Waals surface area contributed by atoms with Crippen LogP contribution in [-0.2, 0) is 23.8 Å². The Labute approximate surface area is 233 Å². The number of aldehydes is 1. The van der Waals surface area contributed by atoms with Crippen molar-refractivity contribution in [3.8, 4) is 0 Å². The summed E-state index contributed by atoms with van der Waals surface area (Å²) in [5.74, 6) is -1.61. The fourth-order valence-electron chi connectivity index (χ4n) is 9.82. The third-order valence-corrected chi connectivity index (χ3v) is 11.9. The number of cyclic esters (lactones) is 1. The van der Waals surface area contributed by atoms with E-state index in [9.17, 15) is 40.2 Å². The summed E-state index contributed by atoms with van der Waals surface area (Å²) in [6.07, 6.45) is -2.87. The molecule has 4 aliphatic carbocycles. The zero-order chi connectivity index (χ0) is 28.8. The first kappa shape index (κ1) is 28.7. The van der Waals surface area contributed by atoms with E-state index < -0.39 is 82.8 Å². The maximum absolute atomic E-state index is 13.0. The summed E-state index contributed by atoms with van der Waals surface area (Å²) >= 11 is 0. The fraction of sp³-hybridized carbons (Fsp3) is 0.862. The zero-order valence-electron chi connectivity index (χ0n) is 23.0. The first-order valence-corrected chi connectivity index (χ1v) is 14.6. The lowest BCUT2D eigenvalue weighted by Gasteiger charge is -2.66. The van der Waals surface area contributed by atoms with Crippen LogP contribution in [0.2, 0.25) is 0 Å². The average Bonchev–Trinajstić information content (AvgIpc) is 3.45. The second-order valence-corrected chi connectivity index (χ2v) is 13.6. The van der Waals surface area contributed by atoms with Gasteiger partial charge in [-0.25, -0.2) is 4.79 Å². The summed E-state index contributed by atoms with van der Waals surface area (Å²) in [7, 11) is 0. The molecule has 5 fully saturated rings. The monoisotopic (exact) mass is 566 g/mol. The number of hydrogen-bond acceptors (Lipinski definition) is 11. The number of rotatable bonds is 4. The van der Waals surface area contributed by atoms with E-state index >= 15 is 0 Å². The van der Waals surface area contributed by atoms with Crippen molar-refractivity contribution in [2.45, 2.75) is 119 Å². The Bertz CT molecular complexity index is 1080. The molecule has 1 saturated heterocycles. The predicted molar refractivity (Wildman–Crippen MR) is 136 cm³/mol. The lowest BCUT2D eigenvalue weighted by Crippen LogP contribution is -2.72. The van der Waals surface area contributed by atoms with Gasteiger partial charge in [-0.15, -0.1) is 0 Å². The van der Waals surface area contributed by atoms with Gasteiger partial charge in [0.15, 0.2) is 6.29 Å². The topological polar surface area (TPSA) is 183 Å². The smallest absolute Gasteiger partial charge is 0.331 e. The Hall–Kier alpha value is -1.44. The molecule has 0 bridgehead atoms. The van der Waals surface area contributed by atoms with Crippen LogP contribution in [-0.4, -0.2) is 104 Å². The number of esters is 1. The van der Waals surface area contributed by atoms with Crippen molar-refractivity contribution in [1.29, 1.82) is 0 Å². The minimum Gasteiger partial charge on any atom is -0.458 e. The van der Waals surface area contributed by atoms with Gasteiger partial charge in [0, 0.05) is 23.8 Å². The van der Waals surface area contributed by atoms with Crippen molar-refractivity contribution in [2.75, 3.05) is 6.61 Å². The van der Waals surface area contributed by atoms with Gasteiger partial charge in [0.05, 0.1) is 34.9 Å². The van der Waals surface area contributed by atoms with Gasteiger partial charge in [0.1, 0.15) is 31.2 Å². The number of carbonyl (C=O) groups excluding carboxylic acids is 2. The van der Waals surface area contributed by atoms with Crippen LogP contribution in [0.25, 0.3) is 0 Å². The minimum absolute atomic E-state index is 0.0615. The van der Waals surface area contributed by atoms with E-state index in [2.05, 4.69) is 0 Å². The summed E-state index contributed by atoms with van der Waals surface area (Å²) in [5.41, 5.74) is -3.89. The van der Waals surface area contributed by atoms with E-state index in [0.29, 0.717) is 25.7 Å². The van der Waals surface area contributed by atoms with Crippen LogP contribution in [0.3, 0.4) is 0 Å². The normalized spacial score (nSPS) is 56.0. The maximum Gasteiger partial charge on any atom is 0.331 e. The molecule has 224 valence electrons. The molecule has 40 heavy (non-hydrogen) atoms. The van der Waals surface area contributed by atoms with Gasteiger partial charge in [0.25, 0.3) is 0 Å². The fourth-order valence-corrected chi connectivity index (χ4v) is 9.82. The summed E-state index contributed by atoms with van der Waals surface area (Å²) < 4.78 is 16.8. The third kappa shape index (κ3) is 3.78. The van der Waals surface area contributed by atoms with Gasteiger partial charge in [-0.2, -0.15) is 0 Å². The Morgan fingerprint density at radius 3 is 2.42 bits per heavy atom. The molecule has 0 aromatic carbocycles. The standard InChI is InChI=1S/C29H42O11/c1-14-22(33)23(34)24(35)25(39-14)40-16-3-6-27(13-30)21-18(4-7-28(27,36)10-16)29(37)8-5-17(15-9-20(32)38-12-15)26(29,2)11-19(21)31/h9,13-14,16-19,21-25,31,33-37H,3-8,10-12H2,1-2H3/t14?,16-,17+,18?,19+,21?,22+,23?,24?,25+,26+,27-,28-,29-/m0/s1. The minimum atomic E-state index is -1.51. The van der Waals surface area contributed by atoms with Gasteiger partial charge >= 0.3 is 5.97 Å². The number of aliphatic hydroxyl groups is 6. The van der Waals surface area contributed by atoms with Crippen molar-refractivity contribution in [3.05, 3.63) is 11.6 Å². The van der Waals surface area contributed by atoms with Crippen molar-refractivity contribution in [2.24, 2.45) is 28.6 Å². The molecule has 6 N–H and O–H groups in total. The highest BCUT2D eigenvalue weighted by molar-refractivity contribution is 5.85. The van der Waals surface area contributed by atoms with E-state index in [1.807, 2.05) is 6.92 Å². The highest BCUT2D eigenvalue weighted by atomic mass is 16.7. The first-order valence-electron chi connectivity index (χ1n) is 14.6. The molecule has 6 aliphatic rings. The third-order valence-electron chi connectivity index (χ3n) is 11.9. The molecule has 0 radical (unpaired) electrons. The summed E-state index contributed by atoms with van der Waals surface area (Å²) in [5, 5.41) is 66.7. The van der Waals surface area contributed by atoms with Crippen molar-refractivity contribution in [1.82, 2.24) is 0 Å². The summed E-state index contributed by atoms with van der Waals surface area (Å²) in [6, 6.07) is 0. The molecule has 11 nitrogen and oxygen atoms in total. The predicted octanol–water partition coefficient (Wildman–Crippen LogP) is -0.279. The largest absolute Gasteiger partial charge is 0.458 e. The number of hydrogen-bond donors (Lipinski definition) is 6. The quantitative estimate of drug-likeness (QED) is 0.149. The molecule has 14 atom stereocenters. The molecule has 2 aliphatic heterocycles. The van der Waals surface area contributed by atoms with Crippen LogP contribution >= 0.6 is 0 Å². The molecule has 0 aromatic rings. The van der Waals surface area contributed by atoms with E-state index in [0.717, 1.165) is 11.9 Å². The molecule has 5 unspecified atom stereocenters.